The van der Waals surface area contributed by atoms with Crippen molar-refractivity contribution in [1.29, 1.82) is 0 Å². The highest BCUT2D eigenvalue weighted by Gasteiger charge is 2.16. The quantitative estimate of drug-likeness (QED) is 0.852. The maximum absolute atomic E-state index is 13.4. The van der Waals surface area contributed by atoms with E-state index in [1.54, 1.807) is 18.5 Å². The van der Waals surface area contributed by atoms with Crippen LogP contribution in [0.4, 0.5) is 4.39 Å². The molecule has 1 unspecified atom stereocenters. The van der Waals surface area contributed by atoms with Gasteiger partial charge in [-0.3, -0.25) is 0 Å². The van der Waals surface area contributed by atoms with Crippen molar-refractivity contribution in [1.82, 2.24) is 15.3 Å². The standard InChI is InChI=1S/C13H16FN3/c1-3-15-12(13-16-4-5-17-13)10-6-9(2)7-11(14)8-10/h4-8,12,15H,3H2,1-2H3,(H,16,17). The molecule has 0 bridgehead atoms. The van der Waals surface area contributed by atoms with E-state index >= 15 is 0 Å². The number of hydrogen-bond donors (Lipinski definition) is 2. The van der Waals surface area contributed by atoms with Crippen LogP contribution in [0.5, 0.6) is 0 Å². The van der Waals surface area contributed by atoms with Gasteiger partial charge in [-0.05, 0) is 36.7 Å². The molecule has 2 N–H and O–H groups in total. The van der Waals surface area contributed by atoms with E-state index in [1.807, 2.05) is 19.9 Å². The number of imidazole rings is 1. The number of hydrogen-bond acceptors (Lipinski definition) is 2. The number of aryl methyl sites for hydroxylation is 1. The van der Waals surface area contributed by atoms with Gasteiger partial charge in [-0.15, -0.1) is 0 Å². The molecular formula is C13H16FN3. The zero-order valence-corrected chi connectivity index (χ0v) is 10.00. The lowest BCUT2D eigenvalue weighted by molar-refractivity contribution is 0.586. The van der Waals surface area contributed by atoms with E-state index in [0.29, 0.717) is 0 Å². The Kier molecular flexibility index (Phi) is 3.54. The summed E-state index contributed by atoms with van der Waals surface area (Å²) in [6.07, 6.45) is 3.47. The van der Waals surface area contributed by atoms with Crippen LogP contribution in [0.25, 0.3) is 0 Å². The van der Waals surface area contributed by atoms with E-state index in [-0.39, 0.29) is 11.9 Å². The summed E-state index contributed by atoms with van der Waals surface area (Å²) in [6.45, 7) is 4.70. The number of rotatable bonds is 4. The molecular weight excluding hydrogens is 217 g/mol. The van der Waals surface area contributed by atoms with Gasteiger partial charge < -0.3 is 10.3 Å². The van der Waals surface area contributed by atoms with Crippen LogP contribution in [0.2, 0.25) is 0 Å². The zero-order valence-electron chi connectivity index (χ0n) is 10.00. The van der Waals surface area contributed by atoms with Crippen LogP contribution in [-0.4, -0.2) is 16.5 Å². The van der Waals surface area contributed by atoms with Crippen molar-refractivity contribution in [2.24, 2.45) is 0 Å². The average Bonchev–Trinajstić information content (AvgIpc) is 2.77. The SMILES string of the molecule is CCNC(c1cc(C)cc(F)c1)c1ncc[nH]1. The van der Waals surface area contributed by atoms with Gasteiger partial charge in [0.2, 0.25) is 0 Å². The highest BCUT2D eigenvalue weighted by atomic mass is 19.1. The Hall–Kier alpha value is -1.68. The zero-order chi connectivity index (χ0) is 12.3. The number of aromatic nitrogens is 2. The minimum atomic E-state index is -0.213. The molecule has 1 atom stereocenters. The summed E-state index contributed by atoms with van der Waals surface area (Å²) in [4.78, 5) is 7.29. The van der Waals surface area contributed by atoms with Gasteiger partial charge >= 0.3 is 0 Å². The molecule has 1 aromatic carbocycles. The van der Waals surface area contributed by atoms with Crippen LogP contribution >= 0.6 is 0 Å². The molecule has 0 spiro atoms. The predicted molar refractivity (Wildman–Crippen MR) is 65.2 cm³/mol. The Morgan fingerprint density at radius 3 is 2.82 bits per heavy atom. The lowest BCUT2D eigenvalue weighted by Crippen LogP contribution is -2.23. The second kappa shape index (κ2) is 5.10. The Bertz CT molecular complexity index is 459. The summed E-state index contributed by atoms with van der Waals surface area (Å²) < 4.78 is 13.4. The molecule has 0 radical (unpaired) electrons. The molecule has 2 aromatic rings. The molecule has 0 saturated carbocycles. The Labute approximate surface area is 100 Å². The second-order valence-corrected chi connectivity index (χ2v) is 4.03. The highest BCUT2D eigenvalue weighted by Crippen LogP contribution is 2.21. The third-order valence-electron chi connectivity index (χ3n) is 2.60. The first-order valence-electron chi connectivity index (χ1n) is 5.70. The maximum Gasteiger partial charge on any atom is 0.127 e. The molecule has 1 aromatic heterocycles. The highest BCUT2D eigenvalue weighted by molar-refractivity contribution is 5.29. The van der Waals surface area contributed by atoms with Crippen LogP contribution in [0, 0.1) is 12.7 Å². The fourth-order valence-electron chi connectivity index (χ4n) is 1.94. The van der Waals surface area contributed by atoms with Crippen molar-refractivity contribution in [3.8, 4) is 0 Å². The fraction of sp³-hybridized carbons (Fsp3) is 0.308. The summed E-state index contributed by atoms with van der Waals surface area (Å²) in [5.41, 5.74) is 1.80. The minimum absolute atomic E-state index is 0.0931. The summed E-state index contributed by atoms with van der Waals surface area (Å²) >= 11 is 0. The number of aromatic amines is 1. The molecule has 0 aliphatic heterocycles. The van der Waals surface area contributed by atoms with Crippen LogP contribution in [0.3, 0.4) is 0 Å². The summed E-state index contributed by atoms with van der Waals surface area (Å²) in [5, 5.41) is 3.30. The third-order valence-corrected chi connectivity index (χ3v) is 2.60. The van der Waals surface area contributed by atoms with Gasteiger partial charge in [0.15, 0.2) is 0 Å². The summed E-state index contributed by atoms with van der Waals surface area (Å²) in [7, 11) is 0. The summed E-state index contributed by atoms with van der Waals surface area (Å²) in [5.74, 6) is 0.589. The number of nitrogens with zero attached hydrogens (tertiary/aromatic N) is 1. The van der Waals surface area contributed by atoms with Crippen molar-refractivity contribution in [3.63, 3.8) is 0 Å². The van der Waals surface area contributed by atoms with Gasteiger partial charge in [0.05, 0.1) is 6.04 Å². The van der Waals surface area contributed by atoms with E-state index in [2.05, 4.69) is 15.3 Å². The van der Waals surface area contributed by atoms with Crippen molar-refractivity contribution < 1.29 is 4.39 Å². The topological polar surface area (TPSA) is 40.7 Å². The van der Waals surface area contributed by atoms with E-state index in [0.717, 1.165) is 23.5 Å². The Balaban J connectivity index is 2.38. The van der Waals surface area contributed by atoms with E-state index in [1.165, 1.54) is 6.07 Å². The van der Waals surface area contributed by atoms with Crippen LogP contribution in [0.1, 0.15) is 29.9 Å². The van der Waals surface area contributed by atoms with Crippen molar-refractivity contribution in [2.75, 3.05) is 6.54 Å². The van der Waals surface area contributed by atoms with Crippen LogP contribution in [0.15, 0.2) is 30.6 Å². The molecule has 0 amide bonds. The summed E-state index contributed by atoms with van der Waals surface area (Å²) in [6, 6.07) is 4.94. The normalized spacial score (nSPS) is 12.6. The van der Waals surface area contributed by atoms with Gasteiger partial charge in [-0.2, -0.15) is 0 Å². The smallest absolute Gasteiger partial charge is 0.127 e. The van der Waals surface area contributed by atoms with Gasteiger partial charge in [-0.1, -0.05) is 13.0 Å². The van der Waals surface area contributed by atoms with E-state index in [4.69, 9.17) is 0 Å². The lowest BCUT2D eigenvalue weighted by Gasteiger charge is -2.16. The van der Waals surface area contributed by atoms with Crippen molar-refractivity contribution in [2.45, 2.75) is 19.9 Å². The third kappa shape index (κ3) is 2.71. The van der Waals surface area contributed by atoms with Crippen molar-refractivity contribution in [3.05, 3.63) is 53.4 Å². The maximum atomic E-state index is 13.4. The minimum Gasteiger partial charge on any atom is -0.347 e. The molecule has 90 valence electrons. The fourth-order valence-corrected chi connectivity index (χ4v) is 1.94. The van der Waals surface area contributed by atoms with Gasteiger partial charge in [-0.25, -0.2) is 9.37 Å². The van der Waals surface area contributed by atoms with Crippen molar-refractivity contribution >= 4 is 0 Å². The molecule has 0 saturated heterocycles. The predicted octanol–water partition coefficient (Wildman–Crippen LogP) is 2.56. The van der Waals surface area contributed by atoms with Crippen LogP contribution < -0.4 is 5.32 Å². The Morgan fingerprint density at radius 2 is 2.24 bits per heavy atom. The van der Waals surface area contributed by atoms with E-state index in [9.17, 15) is 4.39 Å². The second-order valence-electron chi connectivity index (χ2n) is 4.03. The van der Waals surface area contributed by atoms with Crippen LogP contribution in [-0.2, 0) is 0 Å². The average molecular weight is 233 g/mol. The molecule has 1 heterocycles. The molecule has 17 heavy (non-hydrogen) atoms. The first-order valence-corrected chi connectivity index (χ1v) is 5.70. The van der Waals surface area contributed by atoms with E-state index < -0.39 is 0 Å². The largest absolute Gasteiger partial charge is 0.347 e. The van der Waals surface area contributed by atoms with Gasteiger partial charge in [0, 0.05) is 12.4 Å². The van der Waals surface area contributed by atoms with Gasteiger partial charge in [0.25, 0.3) is 0 Å². The monoisotopic (exact) mass is 233 g/mol. The number of halogens is 1. The first kappa shape index (κ1) is 11.8. The Morgan fingerprint density at radius 1 is 1.41 bits per heavy atom. The molecule has 0 aliphatic rings. The number of nitrogens with one attached hydrogen (secondary N) is 2. The molecule has 0 fully saturated rings. The van der Waals surface area contributed by atoms with Gasteiger partial charge in [0.1, 0.15) is 11.6 Å². The number of H-pyrrole nitrogens is 1. The molecule has 2 rings (SSSR count). The number of benzene rings is 1. The molecule has 3 nitrogen and oxygen atoms in total. The lowest BCUT2D eigenvalue weighted by atomic mass is 10.0. The molecule has 0 aliphatic carbocycles. The first-order chi connectivity index (χ1) is 8.20. The molecule has 4 heteroatoms.